The van der Waals surface area contributed by atoms with E-state index in [9.17, 15) is 0 Å². The van der Waals surface area contributed by atoms with E-state index in [-0.39, 0.29) is 0 Å². The maximum Gasteiger partial charge on any atom is 0.156 e. The Morgan fingerprint density at radius 3 is 2.40 bits per heavy atom. The number of hydrazone groups is 1. The molecular formula is C15H14Cl2N2O. The first-order chi connectivity index (χ1) is 9.70. The lowest BCUT2D eigenvalue weighted by atomic mass is 10.2. The predicted octanol–water partition coefficient (Wildman–Crippen LogP) is 4.84. The molecule has 0 amide bonds. The summed E-state index contributed by atoms with van der Waals surface area (Å²) in [5.74, 6) is 0.504. The molecule has 0 fully saturated rings. The number of rotatable bonds is 5. The molecule has 0 saturated heterocycles. The van der Waals surface area contributed by atoms with Crippen molar-refractivity contribution in [2.75, 3.05) is 12.0 Å². The van der Waals surface area contributed by atoms with E-state index in [2.05, 4.69) is 10.5 Å². The molecular weight excluding hydrogens is 295 g/mol. The summed E-state index contributed by atoms with van der Waals surface area (Å²) >= 11 is 12.2. The highest BCUT2D eigenvalue weighted by molar-refractivity contribution is 6.37. The first-order valence-corrected chi connectivity index (χ1v) is 6.92. The molecule has 3 nitrogen and oxygen atoms in total. The first-order valence-electron chi connectivity index (χ1n) is 6.16. The van der Waals surface area contributed by atoms with E-state index in [1.165, 1.54) is 0 Å². The van der Waals surface area contributed by atoms with Crippen molar-refractivity contribution in [3.05, 3.63) is 58.1 Å². The van der Waals surface area contributed by atoms with Gasteiger partial charge >= 0.3 is 0 Å². The highest BCUT2D eigenvalue weighted by Gasteiger charge is 2.08. The number of para-hydroxylation sites is 1. The molecule has 0 aliphatic rings. The monoisotopic (exact) mass is 308 g/mol. The third-order valence-electron chi connectivity index (χ3n) is 2.49. The third kappa shape index (κ3) is 3.89. The van der Waals surface area contributed by atoms with Gasteiger partial charge in [0, 0.05) is 0 Å². The van der Waals surface area contributed by atoms with E-state index in [0.29, 0.717) is 22.4 Å². The maximum atomic E-state index is 6.12. The van der Waals surface area contributed by atoms with Gasteiger partial charge in [-0.05, 0) is 36.8 Å². The zero-order valence-electron chi connectivity index (χ0n) is 10.9. The quantitative estimate of drug-likeness (QED) is 0.633. The van der Waals surface area contributed by atoms with Gasteiger partial charge in [0.1, 0.15) is 0 Å². The number of nitrogens with one attached hydrogen (secondary N) is 1. The summed E-state index contributed by atoms with van der Waals surface area (Å²) in [6, 6.07) is 13.2. The first kappa shape index (κ1) is 14.7. The molecule has 0 aliphatic heterocycles. The minimum atomic E-state index is 0.473. The van der Waals surface area contributed by atoms with Crippen molar-refractivity contribution in [2.24, 2.45) is 5.10 Å². The minimum Gasteiger partial charge on any atom is -0.491 e. The Bertz CT molecular complexity index is 577. The summed E-state index contributed by atoms with van der Waals surface area (Å²) in [6.07, 6.45) is 1.65. The van der Waals surface area contributed by atoms with E-state index in [0.717, 1.165) is 11.3 Å². The van der Waals surface area contributed by atoms with Gasteiger partial charge in [-0.15, -0.1) is 0 Å². The molecule has 0 saturated carbocycles. The van der Waals surface area contributed by atoms with Crippen LogP contribution in [0.15, 0.2) is 47.6 Å². The molecule has 0 aromatic heterocycles. The molecule has 5 heteroatoms. The fourth-order valence-corrected chi connectivity index (χ4v) is 2.24. The Morgan fingerprint density at radius 1 is 1.15 bits per heavy atom. The highest BCUT2D eigenvalue weighted by atomic mass is 35.5. The van der Waals surface area contributed by atoms with Gasteiger partial charge in [0.05, 0.1) is 28.6 Å². The van der Waals surface area contributed by atoms with Gasteiger partial charge in [-0.1, -0.05) is 41.4 Å². The highest BCUT2D eigenvalue weighted by Crippen LogP contribution is 2.33. The van der Waals surface area contributed by atoms with Crippen molar-refractivity contribution in [2.45, 2.75) is 6.92 Å². The average molecular weight is 309 g/mol. The number of ether oxygens (including phenoxy) is 1. The largest absolute Gasteiger partial charge is 0.491 e. The van der Waals surface area contributed by atoms with Gasteiger partial charge in [-0.3, -0.25) is 5.43 Å². The van der Waals surface area contributed by atoms with Crippen molar-refractivity contribution in [1.29, 1.82) is 0 Å². The van der Waals surface area contributed by atoms with Crippen LogP contribution in [0.25, 0.3) is 0 Å². The standard InChI is InChI=1S/C15H14Cl2N2O/c1-2-20-15-13(16)8-11(9-14(15)17)10-18-19-12-6-4-3-5-7-12/h3-10,19H,2H2,1H3/b18-10+. The van der Waals surface area contributed by atoms with Crippen LogP contribution in [0.4, 0.5) is 5.69 Å². The molecule has 0 atom stereocenters. The Labute approximate surface area is 128 Å². The number of halogens is 2. The van der Waals surface area contributed by atoms with Crippen molar-refractivity contribution in [3.8, 4) is 5.75 Å². The molecule has 0 heterocycles. The van der Waals surface area contributed by atoms with Crippen LogP contribution in [0.5, 0.6) is 5.75 Å². The molecule has 0 bridgehead atoms. The van der Waals surface area contributed by atoms with E-state index < -0.39 is 0 Å². The van der Waals surface area contributed by atoms with E-state index in [1.54, 1.807) is 18.3 Å². The van der Waals surface area contributed by atoms with Crippen LogP contribution < -0.4 is 10.2 Å². The number of nitrogens with zero attached hydrogens (tertiary/aromatic N) is 1. The Hall–Kier alpha value is -1.71. The number of hydrogen-bond donors (Lipinski definition) is 1. The summed E-state index contributed by atoms with van der Waals surface area (Å²) in [6.45, 7) is 2.40. The molecule has 0 spiro atoms. The van der Waals surface area contributed by atoms with Gasteiger partial charge in [-0.25, -0.2) is 0 Å². The second kappa shape index (κ2) is 7.17. The lowest BCUT2D eigenvalue weighted by Gasteiger charge is -2.08. The zero-order valence-corrected chi connectivity index (χ0v) is 12.4. The molecule has 2 aromatic carbocycles. The fraction of sp³-hybridized carbons (Fsp3) is 0.133. The minimum absolute atomic E-state index is 0.473. The summed E-state index contributed by atoms with van der Waals surface area (Å²) in [5, 5.41) is 5.08. The average Bonchev–Trinajstić information content (AvgIpc) is 2.44. The molecule has 0 aliphatic carbocycles. The second-order valence-corrected chi connectivity index (χ2v) is 4.80. The smallest absolute Gasteiger partial charge is 0.156 e. The van der Waals surface area contributed by atoms with Crippen molar-refractivity contribution >= 4 is 35.1 Å². The van der Waals surface area contributed by atoms with Gasteiger partial charge in [0.2, 0.25) is 0 Å². The summed E-state index contributed by atoms with van der Waals surface area (Å²) in [4.78, 5) is 0. The molecule has 1 N–H and O–H groups in total. The van der Waals surface area contributed by atoms with Crippen LogP contribution >= 0.6 is 23.2 Å². The summed E-state index contributed by atoms with van der Waals surface area (Å²) in [7, 11) is 0. The summed E-state index contributed by atoms with van der Waals surface area (Å²) < 4.78 is 5.37. The van der Waals surface area contributed by atoms with E-state index in [4.69, 9.17) is 27.9 Å². The van der Waals surface area contributed by atoms with Crippen LogP contribution in [-0.2, 0) is 0 Å². The van der Waals surface area contributed by atoms with Crippen LogP contribution in [0.3, 0.4) is 0 Å². The van der Waals surface area contributed by atoms with Crippen LogP contribution in [-0.4, -0.2) is 12.8 Å². The lowest BCUT2D eigenvalue weighted by Crippen LogP contribution is -1.95. The molecule has 2 rings (SSSR count). The van der Waals surface area contributed by atoms with Crippen molar-refractivity contribution in [3.63, 3.8) is 0 Å². The van der Waals surface area contributed by atoms with Gasteiger partial charge in [0.15, 0.2) is 5.75 Å². The van der Waals surface area contributed by atoms with Crippen molar-refractivity contribution < 1.29 is 4.74 Å². The molecule has 2 aromatic rings. The molecule has 0 unspecified atom stereocenters. The maximum absolute atomic E-state index is 6.12. The molecule has 0 radical (unpaired) electrons. The van der Waals surface area contributed by atoms with Crippen LogP contribution in [0, 0.1) is 0 Å². The van der Waals surface area contributed by atoms with Crippen LogP contribution in [0.1, 0.15) is 12.5 Å². The number of anilines is 1. The molecule has 104 valence electrons. The third-order valence-corrected chi connectivity index (χ3v) is 3.05. The Balaban J connectivity index is 2.10. The van der Waals surface area contributed by atoms with E-state index >= 15 is 0 Å². The summed E-state index contributed by atoms with van der Waals surface area (Å²) in [5.41, 5.74) is 4.63. The molecule has 20 heavy (non-hydrogen) atoms. The van der Waals surface area contributed by atoms with Gasteiger partial charge in [-0.2, -0.15) is 5.10 Å². The SMILES string of the molecule is CCOc1c(Cl)cc(/C=N/Nc2ccccc2)cc1Cl. The van der Waals surface area contributed by atoms with E-state index in [1.807, 2.05) is 37.3 Å². The Kier molecular flexibility index (Phi) is 5.27. The van der Waals surface area contributed by atoms with Crippen LogP contribution in [0.2, 0.25) is 10.0 Å². The topological polar surface area (TPSA) is 33.6 Å². The lowest BCUT2D eigenvalue weighted by molar-refractivity contribution is 0.340. The number of benzene rings is 2. The predicted molar refractivity (Wildman–Crippen MR) is 85.3 cm³/mol. The zero-order chi connectivity index (χ0) is 14.4. The van der Waals surface area contributed by atoms with Gasteiger partial charge < -0.3 is 4.74 Å². The normalized spacial score (nSPS) is 10.8. The number of hydrogen-bond acceptors (Lipinski definition) is 3. The Morgan fingerprint density at radius 2 is 1.80 bits per heavy atom. The second-order valence-electron chi connectivity index (χ2n) is 3.98. The fourth-order valence-electron chi connectivity index (χ4n) is 1.63. The van der Waals surface area contributed by atoms with Gasteiger partial charge in [0.25, 0.3) is 0 Å². The van der Waals surface area contributed by atoms with Crippen molar-refractivity contribution in [1.82, 2.24) is 0 Å².